The average Bonchev–Trinajstić information content (AvgIpc) is 2.92. The number of ether oxygens (including phenoxy) is 4. The Balaban J connectivity index is 1.77. The maximum absolute atomic E-state index is 12.1. The van der Waals surface area contributed by atoms with E-state index in [0.29, 0.717) is 0 Å². The molecule has 10 nitrogen and oxygen atoms in total. The zero-order chi connectivity index (χ0) is 19.4. The Morgan fingerprint density at radius 2 is 2.00 bits per heavy atom. The molecule has 10 heteroatoms. The van der Waals surface area contributed by atoms with Crippen LogP contribution in [0.2, 0.25) is 0 Å². The van der Waals surface area contributed by atoms with Crippen molar-refractivity contribution < 1.29 is 28.8 Å². The molecule has 1 unspecified atom stereocenters. The molecule has 3 rings (SSSR count). The van der Waals surface area contributed by atoms with Crippen LogP contribution >= 0.6 is 0 Å². The van der Waals surface area contributed by atoms with Gasteiger partial charge in [-0.3, -0.25) is 14.3 Å². The lowest BCUT2D eigenvalue weighted by Gasteiger charge is -2.20. The van der Waals surface area contributed by atoms with Gasteiger partial charge in [-0.2, -0.15) is 0 Å². The van der Waals surface area contributed by atoms with Gasteiger partial charge in [-0.1, -0.05) is 18.2 Å². The number of nitrogens with zero attached hydrogens (tertiary/aromatic N) is 1. The number of rotatable bonds is 5. The predicted octanol–water partition coefficient (Wildman–Crippen LogP) is 0.0255. The highest BCUT2D eigenvalue weighted by Crippen LogP contribution is 2.31. The SMILES string of the molecule is COC[C@H]1O[C@@H](n2ccc(=O)[nH]c2=O)[C@@H](O)C1OC(=O)Oc1ccccc1. The van der Waals surface area contributed by atoms with Crippen LogP contribution in [0.15, 0.2) is 52.2 Å². The molecule has 0 aliphatic carbocycles. The summed E-state index contributed by atoms with van der Waals surface area (Å²) in [6, 6.07) is 9.37. The van der Waals surface area contributed by atoms with E-state index in [4.69, 9.17) is 18.9 Å². The third-order valence-corrected chi connectivity index (χ3v) is 3.94. The van der Waals surface area contributed by atoms with Crippen LogP contribution in [-0.4, -0.2) is 52.8 Å². The Labute approximate surface area is 152 Å². The van der Waals surface area contributed by atoms with Gasteiger partial charge in [0.05, 0.1) is 6.61 Å². The highest BCUT2D eigenvalue weighted by atomic mass is 16.7. The highest BCUT2D eigenvalue weighted by Gasteiger charge is 2.48. The van der Waals surface area contributed by atoms with Crippen LogP contribution in [-0.2, 0) is 14.2 Å². The Bertz CT molecular complexity index is 894. The molecule has 144 valence electrons. The summed E-state index contributed by atoms with van der Waals surface area (Å²) in [5.41, 5.74) is -1.35. The minimum atomic E-state index is -1.39. The molecule has 0 bridgehead atoms. The monoisotopic (exact) mass is 378 g/mol. The van der Waals surface area contributed by atoms with Crippen molar-refractivity contribution in [2.75, 3.05) is 13.7 Å². The maximum atomic E-state index is 12.1. The summed E-state index contributed by atoms with van der Waals surface area (Å²) in [7, 11) is 1.41. The topological polar surface area (TPSA) is 129 Å². The van der Waals surface area contributed by atoms with Crippen LogP contribution in [0.5, 0.6) is 5.75 Å². The summed E-state index contributed by atoms with van der Waals surface area (Å²) in [5, 5.41) is 10.5. The number of benzene rings is 1. The van der Waals surface area contributed by atoms with Crippen molar-refractivity contribution in [2.45, 2.75) is 24.5 Å². The third kappa shape index (κ3) is 4.25. The average molecular weight is 378 g/mol. The largest absolute Gasteiger partial charge is 0.514 e. The number of methoxy groups -OCH3 is 1. The molecule has 4 atom stereocenters. The number of aliphatic hydroxyl groups excluding tert-OH is 1. The second kappa shape index (κ2) is 8.16. The van der Waals surface area contributed by atoms with Gasteiger partial charge in [0.2, 0.25) is 0 Å². The molecule has 2 N–H and O–H groups in total. The van der Waals surface area contributed by atoms with E-state index in [0.717, 1.165) is 10.6 Å². The summed E-state index contributed by atoms with van der Waals surface area (Å²) in [6.07, 6.45) is -4.42. The van der Waals surface area contributed by atoms with E-state index in [1.54, 1.807) is 30.3 Å². The molecule has 1 aromatic heterocycles. The van der Waals surface area contributed by atoms with Crippen molar-refractivity contribution in [1.29, 1.82) is 0 Å². The summed E-state index contributed by atoms with van der Waals surface area (Å²) in [6.45, 7) is -0.00501. The number of H-pyrrole nitrogens is 1. The molecule has 1 aromatic carbocycles. The number of hydrogen-bond donors (Lipinski definition) is 2. The maximum Gasteiger partial charge on any atom is 0.514 e. The van der Waals surface area contributed by atoms with Gasteiger partial charge in [-0.05, 0) is 12.1 Å². The Kier molecular flexibility index (Phi) is 5.69. The number of nitrogens with one attached hydrogen (secondary N) is 1. The summed E-state index contributed by atoms with van der Waals surface area (Å²) < 4.78 is 21.9. The van der Waals surface area contributed by atoms with E-state index in [2.05, 4.69) is 4.98 Å². The van der Waals surface area contributed by atoms with E-state index in [-0.39, 0.29) is 12.4 Å². The lowest BCUT2D eigenvalue weighted by molar-refractivity contribution is -0.0635. The molecular weight excluding hydrogens is 360 g/mol. The Hall–Kier alpha value is -2.95. The quantitative estimate of drug-likeness (QED) is 0.551. The molecular formula is C17H18N2O8. The molecule has 1 fully saturated rings. The van der Waals surface area contributed by atoms with Gasteiger partial charge in [0.25, 0.3) is 5.56 Å². The van der Waals surface area contributed by atoms with Gasteiger partial charge in [0.1, 0.15) is 18.0 Å². The Morgan fingerprint density at radius 3 is 2.67 bits per heavy atom. The number of aromatic nitrogens is 2. The summed E-state index contributed by atoms with van der Waals surface area (Å²) in [4.78, 5) is 37.3. The van der Waals surface area contributed by atoms with Crippen LogP contribution in [0.3, 0.4) is 0 Å². The van der Waals surface area contributed by atoms with Crippen LogP contribution in [0.1, 0.15) is 6.23 Å². The number of aliphatic hydroxyl groups is 1. The van der Waals surface area contributed by atoms with E-state index >= 15 is 0 Å². The fraction of sp³-hybridized carbons (Fsp3) is 0.353. The first-order chi connectivity index (χ1) is 13.0. The second-order valence-corrected chi connectivity index (χ2v) is 5.78. The van der Waals surface area contributed by atoms with Crippen molar-refractivity contribution in [2.24, 2.45) is 0 Å². The molecule has 1 saturated heterocycles. The van der Waals surface area contributed by atoms with Crippen LogP contribution in [0, 0.1) is 0 Å². The molecule has 2 aromatic rings. The minimum Gasteiger partial charge on any atom is -0.425 e. The van der Waals surface area contributed by atoms with Gasteiger partial charge in [-0.15, -0.1) is 0 Å². The predicted molar refractivity (Wildman–Crippen MR) is 90.5 cm³/mol. The molecule has 0 radical (unpaired) electrons. The molecule has 2 heterocycles. The van der Waals surface area contributed by atoms with Gasteiger partial charge >= 0.3 is 11.8 Å². The number of aromatic amines is 1. The van der Waals surface area contributed by atoms with Crippen molar-refractivity contribution in [3.8, 4) is 5.75 Å². The smallest absolute Gasteiger partial charge is 0.425 e. The molecule has 1 aliphatic rings. The molecule has 0 spiro atoms. The van der Waals surface area contributed by atoms with Crippen LogP contribution in [0.25, 0.3) is 0 Å². The van der Waals surface area contributed by atoms with Crippen molar-refractivity contribution in [3.63, 3.8) is 0 Å². The zero-order valence-corrected chi connectivity index (χ0v) is 14.3. The van der Waals surface area contributed by atoms with Crippen LogP contribution in [0.4, 0.5) is 4.79 Å². The van der Waals surface area contributed by atoms with E-state index < -0.39 is 41.9 Å². The highest BCUT2D eigenvalue weighted by molar-refractivity contribution is 5.64. The van der Waals surface area contributed by atoms with Gasteiger partial charge < -0.3 is 24.1 Å². The molecule has 0 saturated carbocycles. The van der Waals surface area contributed by atoms with Crippen molar-refractivity contribution >= 4 is 6.16 Å². The second-order valence-electron chi connectivity index (χ2n) is 5.78. The van der Waals surface area contributed by atoms with E-state index in [1.165, 1.54) is 13.3 Å². The lowest BCUT2D eigenvalue weighted by Crippen LogP contribution is -2.40. The van der Waals surface area contributed by atoms with Crippen molar-refractivity contribution in [3.05, 3.63) is 63.4 Å². The van der Waals surface area contributed by atoms with E-state index in [1.807, 2.05) is 0 Å². The summed E-state index contributed by atoms with van der Waals surface area (Å²) >= 11 is 0. The molecule has 1 aliphatic heterocycles. The zero-order valence-electron chi connectivity index (χ0n) is 14.3. The molecule has 27 heavy (non-hydrogen) atoms. The molecule has 0 amide bonds. The third-order valence-electron chi connectivity index (χ3n) is 3.94. The first kappa shape index (κ1) is 18.8. The first-order valence-corrected chi connectivity index (χ1v) is 8.07. The number of carbonyl (C=O) groups is 1. The summed E-state index contributed by atoms with van der Waals surface area (Å²) in [5.74, 6) is 0.271. The van der Waals surface area contributed by atoms with E-state index in [9.17, 15) is 19.5 Å². The van der Waals surface area contributed by atoms with Crippen molar-refractivity contribution in [1.82, 2.24) is 9.55 Å². The standard InChI is InChI=1S/C17H18N2O8/c1-24-9-11-14(27-17(23)25-10-5-3-2-4-6-10)13(21)15(26-11)19-8-7-12(20)18-16(19)22/h2-8,11,13-15,21H,9H2,1H3,(H,18,20,22)/t11-,13+,14?,15-/m1/s1. The van der Waals surface area contributed by atoms with Gasteiger partial charge in [0.15, 0.2) is 12.3 Å². The van der Waals surface area contributed by atoms with Gasteiger partial charge in [-0.25, -0.2) is 9.59 Å². The fourth-order valence-electron chi connectivity index (χ4n) is 2.74. The minimum absolute atomic E-state index is 0.00501. The fourth-order valence-corrected chi connectivity index (χ4v) is 2.74. The first-order valence-electron chi connectivity index (χ1n) is 8.07. The number of hydrogen-bond acceptors (Lipinski definition) is 8. The number of para-hydroxylation sites is 1. The lowest BCUT2D eigenvalue weighted by atomic mass is 10.1. The number of carbonyl (C=O) groups excluding carboxylic acids is 1. The Morgan fingerprint density at radius 1 is 1.26 bits per heavy atom. The van der Waals surface area contributed by atoms with Crippen LogP contribution < -0.4 is 16.0 Å². The van der Waals surface area contributed by atoms with Gasteiger partial charge in [0, 0.05) is 19.4 Å². The normalized spacial score (nSPS) is 24.5.